The summed E-state index contributed by atoms with van der Waals surface area (Å²) in [5.41, 5.74) is 2.22. The quantitative estimate of drug-likeness (QED) is 0.567. The molecule has 0 nitrogen and oxygen atoms in total. The van der Waals surface area contributed by atoms with Crippen molar-refractivity contribution in [2.75, 3.05) is 0 Å². The Morgan fingerprint density at radius 2 is 1.00 bits per heavy atom. The van der Waals surface area contributed by atoms with E-state index in [2.05, 4.69) is 0 Å². The van der Waals surface area contributed by atoms with Crippen molar-refractivity contribution in [2.45, 2.75) is 75.5 Å². The van der Waals surface area contributed by atoms with Crippen LogP contribution in [0.15, 0.2) is 0 Å². The zero-order chi connectivity index (χ0) is 8.93. The van der Waals surface area contributed by atoms with E-state index in [0.717, 1.165) is 11.3 Å². The largest absolute Gasteiger partial charge is 0.0741 e. The van der Waals surface area contributed by atoms with Gasteiger partial charge in [-0.3, -0.25) is 0 Å². The summed E-state index contributed by atoms with van der Waals surface area (Å²) in [6.07, 6.45) is 15.2. The average Bonchev–Trinajstić information content (AvgIpc) is 2.89. The van der Waals surface area contributed by atoms with E-state index in [1.165, 1.54) is 64.2 Å². The van der Waals surface area contributed by atoms with Crippen LogP contribution in [0.3, 0.4) is 0 Å². The van der Waals surface area contributed by atoms with Gasteiger partial charge in [0.1, 0.15) is 0 Å². The van der Waals surface area contributed by atoms with E-state index in [1.54, 1.807) is 0 Å². The third-order valence-corrected chi connectivity index (χ3v) is 5.17. The molecule has 0 aromatic carbocycles. The first-order valence-electron chi connectivity index (χ1n) is 6.15. The maximum atomic E-state index is 1.83. The molecule has 0 saturated heterocycles. The summed E-state index contributed by atoms with van der Waals surface area (Å²) in [7, 11) is 1.83. The summed E-state index contributed by atoms with van der Waals surface area (Å²) in [4.78, 5) is 0. The van der Waals surface area contributed by atoms with Crippen LogP contribution >= 0.6 is 8.58 Å². The second-order valence-electron chi connectivity index (χ2n) is 4.73. The van der Waals surface area contributed by atoms with Crippen LogP contribution in [0.25, 0.3) is 0 Å². The summed E-state index contributed by atoms with van der Waals surface area (Å²) in [6, 6.07) is 0. The summed E-state index contributed by atoms with van der Waals surface area (Å²) >= 11 is 0. The Hall–Kier alpha value is 0.430. The van der Waals surface area contributed by atoms with Crippen molar-refractivity contribution >= 4 is 8.58 Å². The van der Waals surface area contributed by atoms with Crippen molar-refractivity contribution in [1.82, 2.24) is 0 Å². The van der Waals surface area contributed by atoms with E-state index in [4.69, 9.17) is 0 Å². The topological polar surface area (TPSA) is 0 Å². The van der Waals surface area contributed by atoms with Crippen molar-refractivity contribution in [2.24, 2.45) is 0 Å². The highest BCUT2D eigenvalue weighted by Crippen LogP contribution is 2.45. The molecule has 1 radical (unpaired) electrons. The Morgan fingerprint density at radius 1 is 0.538 bits per heavy atom. The van der Waals surface area contributed by atoms with Gasteiger partial charge in [0.2, 0.25) is 0 Å². The molecule has 13 heavy (non-hydrogen) atoms. The second-order valence-corrected chi connectivity index (χ2v) is 6.49. The minimum Gasteiger partial charge on any atom is -0.0741 e. The van der Waals surface area contributed by atoms with Crippen molar-refractivity contribution in [3.05, 3.63) is 0 Å². The zero-order valence-electron chi connectivity index (χ0n) is 8.67. The van der Waals surface area contributed by atoms with Gasteiger partial charge in [-0.15, -0.1) is 0 Å². The van der Waals surface area contributed by atoms with Crippen molar-refractivity contribution < 1.29 is 0 Å². The van der Waals surface area contributed by atoms with Crippen LogP contribution < -0.4 is 0 Å². The predicted octanol–water partition coefficient (Wildman–Crippen LogP) is 4.60. The Bertz CT molecular complexity index is 130. The van der Waals surface area contributed by atoms with Crippen molar-refractivity contribution in [1.29, 1.82) is 0 Å². The zero-order valence-corrected chi connectivity index (χ0v) is 9.57. The Morgan fingerprint density at radius 3 is 1.54 bits per heavy atom. The number of rotatable bonds is 2. The maximum Gasteiger partial charge on any atom is -0.0167 e. The van der Waals surface area contributed by atoms with Crippen LogP contribution in [-0.4, -0.2) is 11.3 Å². The lowest BCUT2D eigenvalue weighted by Gasteiger charge is -2.14. The fourth-order valence-electron chi connectivity index (χ4n) is 2.28. The monoisotopic (exact) mass is 197 g/mol. The summed E-state index contributed by atoms with van der Waals surface area (Å²) in [5.74, 6) is 0. The second kappa shape index (κ2) is 5.35. The minimum atomic E-state index is 1.09. The van der Waals surface area contributed by atoms with Crippen LogP contribution in [0, 0.1) is 0 Å². The molecular formula is C12H22P. The van der Waals surface area contributed by atoms with E-state index < -0.39 is 0 Å². The molecule has 0 spiro atoms. The van der Waals surface area contributed by atoms with E-state index >= 15 is 0 Å². The van der Waals surface area contributed by atoms with Crippen molar-refractivity contribution in [3.8, 4) is 0 Å². The molecule has 0 aliphatic heterocycles. The van der Waals surface area contributed by atoms with Gasteiger partial charge in [-0.1, -0.05) is 47.1 Å². The lowest BCUT2D eigenvalue weighted by molar-refractivity contribution is 0.624. The molecule has 0 aromatic heterocycles. The highest BCUT2D eigenvalue weighted by atomic mass is 31.1. The standard InChI is InChI=1S/C12H22P/c1-2-4-6-8-11(7-5-3-1)13-12-9-10-12/h11-12H,1-10H2. The normalized spacial score (nSPS) is 28.6. The summed E-state index contributed by atoms with van der Waals surface area (Å²) < 4.78 is 0. The molecule has 0 heterocycles. The molecule has 0 bridgehead atoms. The van der Waals surface area contributed by atoms with E-state index in [0.29, 0.717) is 0 Å². The van der Waals surface area contributed by atoms with Crippen LogP contribution in [0.2, 0.25) is 0 Å². The number of hydrogen-bond donors (Lipinski definition) is 0. The van der Waals surface area contributed by atoms with Gasteiger partial charge in [0.15, 0.2) is 0 Å². The lowest BCUT2D eigenvalue weighted by atomic mass is 10.1. The molecule has 75 valence electrons. The first kappa shape index (κ1) is 9.97. The molecule has 2 aliphatic rings. The van der Waals surface area contributed by atoms with Gasteiger partial charge in [0.25, 0.3) is 0 Å². The maximum absolute atomic E-state index is 1.83. The summed E-state index contributed by atoms with van der Waals surface area (Å²) in [6.45, 7) is 0. The van der Waals surface area contributed by atoms with Gasteiger partial charge in [0.05, 0.1) is 0 Å². The highest BCUT2D eigenvalue weighted by molar-refractivity contribution is 7.40. The molecule has 0 unspecified atom stereocenters. The smallest absolute Gasteiger partial charge is 0.0167 e. The molecule has 1 heteroatoms. The van der Waals surface area contributed by atoms with Crippen molar-refractivity contribution in [3.63, 3.8) is 0 Å². The van der Waals surface area contributed by atoms with Gasteiger partial charge in [-0.25, -0.2) is 0 Å². The first-order valence-corrected chi connectivity index (χ1v) is 7.18. The van der Waals surface area contributed by atoms with Gasteiger partial charge in [-0.05, 0) is 37.0 Å². The van der Waals surface area contributed by atoms with Gasteiger partial charge in [0, 0.05) is 0 Å². The van der Waals surface area contributed by atoms with Gasteiger partial charge < -0.3 is 0 Å². The predicted molar refractivity (Wildman–Crippen MR) is 60.7 cm³/mol. The fourth-order valence-corrected chi connectivity index (χ4v) is 3.99. The molecule has 0 amide bonds. The highest BCUT2D eigenvalue weighted by Gasteiger charge is 2.25. The van der Waals surface area contributed by atoms with Gasteiger partial charge >= 0.3 is 0 Å². The molecule has 2 saturated carbocycles. The lowest BCUT2D eigenvalue weighted by Crippen LogP contribution is -2.01. The average molecular weight is 197 g/mol. The van der Waals surface area contributed by atoms with E-state index in [-0.39, 0.29) is 0 Å². The Kier molecular flexibility index (Phi) is 4.10. The third kappa shape index (κ3) is 3.98. The van der Waals surface area contributed by atoms with Crippen LogP contribution in [0.1, 0.15) is 64.2 Å². The Balaban J connectivity index is 1.70. The molecule has 2 fully saturated rings. The molecule has 0 atom stereocenters. The van der Waals surface area contributed by atoms with Crippen LogP contribution in [0.4, 0.5) is 0 Å². The molecule has 2 aliphatic carbocycles. The first-order chi connectivity index (χ1) is 6.45. The molecule has 0 aromatic rings. The van der Waals surface area contributed by atoms with E-state index in [1.807, 2.05) is 8.58 Å². The molecular weight excluding hydrogens is 175 g/mol. The third-order valence-electron chi connectivity index (χ3n) is 3.29. The van der Waals surface area contributed by atoms with Crippen LogP contribution in [-0.2, 0) is 0 Å². The van der Waals surface area contributed by atoms with Gasteiger partial charge in [-0.2, -0.15) is 0 Å². The molecule has 0 N–H and O–H groups in total. The minimum absolute atomic E-state index is 1.09. The van der Waals surface area contributed by atoms with E-state index in [9.17, 15) is 0 Å². The number of hydrogen-bond acceptors (Lipinski definition) is 0. The molecule has 2 rings (SSSR count). The fraction of sp³-hybridized carbons (Fsp3) is 1.00. The SMILES string of the molecule is C1CCCCC([P]C2CC2)CCC1. The Labute approximate surface area is 84.7 Å². The summed E-state index contributed by atoms with van der Waals surface area (Å²) in [5, 5.41) is 0. The van der Waals surface area contributed by atoms with Crippen LogP contribution in [0.5, 0.6) is 0 Å².